The highest BCUT2D eigenvalue weighted by Gasteiger charge is 2.30. The molecule has 162 valence electrons. The van der Waals surface area contributed by atoms with Gasteiger partial charge in [0.15, 0.2) is 5.96 Å². The molecule has 2 fully saturated rings. The number of piperazine rings is 1. The Bertz CT molecular complexity index is 675. The zero-order valence-corrected chi connectivity index (χ0v) is 19.5. The molecule has 1 aromatic rings. The summed E-state index contributed by atoms with van der Waals surface area (Å²) < 4.78 is 13.2. The summed E-state index contributed by atoms with van der Waals surface area (Å²) in [7, 11) is 1.75. The minimum absolute atomic E-state index is 0. The van der Waals surface area contributed by atoms with Gasteiger partial charge in [0.2, 0.25) is 5.91 Å². The van der Waals surface area contributed by atoms with Crippen molar-refractivity contribution in [2.75, 3.05) is 52.9 Å². The average molecular weight is 517 g/mol. The number of nitrogens with zero attached hydrogens (tertiary/aromatic N) is 3. The van der Waals surface area contributed by atoms with Crippen molar-refractivity contribution in [1.29, 1.82) is 0 Å². The van der Waals surface area contributed by atoms with Crippen molar-refractivity contribution in [2.45, 2.75) is 25.7 Å². The fraction of sp³-hybridized carbons (Fsp3) is 0.619. The number of guanidine groups is 1. The third-order valence-corrected chi connectivity index (χ3v) is 5.68. The predicted molar refractivity (Wildman–Crippen MR) is 125 cm³/mol. The molecule has 0 bridgehead atoms. The molecule has 1 aliphatic heterocycles. The van der Waals surface area contributed by atoms with Crippen LogP contribution in [0.3, 0.4) is 0 Å². The number of nitrogens with one attached hydrogen (secondary N) is 2. The number of aliphatic imine (C=N–C) groups is 1. The molecule has 1 saturated carbocycles. The van der Waals surface area contributed by atoms with Gasteiger partial charge in [-0.1, -0.05) is 18.6 Å². The molecule has 6 nitrogen and oxygen atoms in total. The van der Waals surface area contributed by atoms with Crippen LogP contribution in [0.15, 0.2) is 29.3 Å². The Morgan fingerprint density at radius 3 is 2.52 bits per heavy atom. The third kappa shape index (κ3) is 7.40. The van der Waals surface area contributed by atoms with Crippen LogP contribution in [0.4, 0.5) is 4.39 Å². The molecule has 1 saturated heterocycles. The first-order valence-electron chi connectivity index (χ1n) is 10.4. The number of rotatable bonds is 7. The first-order valence-corrected chi connectivity index (χ1v) is 10.4. The highest BCUT2D eigenvalue weighted by molar-refractivity contribution is 14.0. The van der Waals surface area contributed by atoms with Crippen molar-refractivity contribution >= 4 is 35.8 Å². The molecule has 0 radical (unpaired) electrons. The van der Waals surface area contributed by atoms with Gasteiger partial charge in [-0.25, -0.2) is 4.39 Å². The van der Waals surface area contributed by atoms with Gasteiger partial charge < -0.3 is 15.5 Å². The lowest BCUT2D eigenvalue weighted by molar-refractivity contribution is -0.139. The topological polar surface area (TPSA) is 60.0 Å². The number of hydrogen-bond acceptors (Lipinski definition) is 3. The van der Waals surface area contributed by atoms with E-state index in [0.29, 0.717) is 18.4 Å². The van der Waals surface area contributed by atoms with Crippen molar-refractivity contribution in [2.24, 2.45) is 10.9 Å². The molecule has 0 atom stereocenters. The van der Waals surface area contributed by atoms with Crippen LogP contribution in [-0.2, 0) is 11.2 Å². The van der Waals surface area contributed by atoms with E-state index in [1.165, 1.54) is 12.5 Å². The molecule has 29 heavy (non-hydrogen) atoms. The maximum Gasteiger partial charge on any atom is 0.225 e. The summed E-state index contributed by atoms with van der Waals surface area (Å²) in [5, 5.41) is 6.59. The van der Waals surface area contributed by atoms with E-state index in [9.17, 15) is 9.18 Å². The Labute approximate surface area is 190 Å². The summed E-state index contributed by atoms with van der Waals surface area (Å²) in [5.41, 5.74) is 0.970. The van der Waals surface area contributed by atoms with Crippen molar-refractivity contribution in [3.05, 3.63) is 35.6 Å². The van der Waals surface area contributed by atoms with Gasteiger partial charge in [-0.05, 0) is 37.0 Å². The van der Waals surface area contributed by atoms with Crippen molar-refractivity contribution < 1.29 is 9.18 Å². The summed E-state index contributed by atoms with van der Waals surface area (Å²) in [6.45, 7) is 5.99. The number of amides is 1. The Morgan fingerprint density at radius 1 is 1.17 bits per heavy atom. The Kier molecular flexibility index (Phi) is 10.1. The van der Waals surface area contributed by atoms with E-state index in [-0.39, 0.29) is 29.8 Å². The highest BCUT2D eigenvalue weighted by Crippen LogP contribution is 2.28. The molecule has 1 heterocycles. The van der Waals surface area contributed by atoms with Crippen LogP contribution in [-0.4, -0.2) is 74.5 Å². The quantitative estimate of drug-likeness (QED) is 0.331. The number of halogens is 2. The van der Waals surface area contributed by atoms with Crippen LogP contribution in [0.25, 0.3) is 0 Å². The number of benzene rings is 1. The lowest BCUT2D eigenvalue weighted by Crippen LogP contribution is -2.52. The van der Waals surface area contributed by atoms with Gasteiger partial charge in [0.05, 0.1) is 0 Å². The maximum atomic E-state index is 13.2. The van der Waals surface area contributed by atoms with Crippen LogP contribution in [0, 0.1) is 11.7 Å². The first kappa shape index (κ1) is 23.9. The van der Waals surface area contributed by atoms with Crippen LogP contribution < -0.4 is 10.6 Å². The standard InChI is InChI=1S/C21H32FN5O.HI/c1-23-21(24-9-8-17-4-2-7-19(22)16-17)25-10-11-26-12-14-27(15-13-26)20(28)18-5-3-6-18;/h2,4,7,16,18H,3,5-6,8-15H2,1H3,(H2,23,24,25);1H. The molecule has 0 unspecified atom stereocenters. The predicted octanol–water partition coefficient (Wildman–Crippen LogP) is 2.10. The summed E-state index contributed by atoms with van der Waals surface area (Å²) in [5.74, 6) is 1.23. The maximum absolute atomic E-state index is 13.2. The van der Waals surface area contributed by atoms with Gasteiger partial charge in [-0.3, -0.25) is 14.7 Å². The molecule has 3 rings (SSSR count). The van der Waals surface area contributed by atoms with E-state index in [2.05, 4.69) is 20.5 Å². The summed E-state index contributed by atoms with van der Waals surface area (Å²) in [4.78, 5) is 21.0. The second-order valence-electron chi connectivity index (χ2n) is 7.60. The molecular formula is C21H33FIN5O. The molecule has 8 heteroatoms. The fourth-order valence-electron chi connectivity index (χ4n) is 3.68. The molecule has 1 aliphatic carbocycles. The Balaban J connectivity index is 0.00000300. The van der Waals surface area contributed by atoms with Crippen molar-refractivity contribution in [3.8, 4) is 0 Å². The summed E-state index contributed by atoms with van der Waals surface area (Å²) in [6, 6.07) is 6.68. The summed E-state index contributed by atoms with van der Waals surface area (Å²) >= 11 is 0. The molecule has 1 aromatic carbocycles. The van der Waals surface area contributed by atoms with Gasteiger partial charge in [0, 0.05) is 58.8 Å². The second kappa shape index (κ2) is 12.3. The smallest absolute Gasteiger partial charge is 0.225 e. The van der Waals surface area contributed by atoms with E-state index in [0.717, 1.165) is 70.1 Å². The minimum Gasteiger partial charge on any atom is -0.356 e. The van der Waals surface area contributed by atoms with Crippen LogP contribution in [0.2, 0.25) is 0 Å². The van der Waals surface area contributed by atoms with E-state index in [1.807, 2.05) is 11.0 Å². The van der Waals surface area contributed by atoms with Gasteiger partial charge in [0.1, 0.15) is 5.82 Å². The molecule has 0 spiro atoms. The van der Waals surface area contributed by atoms with Gasteiger partial charge in [-0.15, -0.1) is 24.0 Å². The van der Waals surface area contributed by atoms with E-state index in [4.69, 9.17) is 0 Å². The highest BCUT2D eigenvalue weighted by atomic mass is 127. The number of carbonyl (C=O) groups excluding carboxylic acids is 1. The number of carbonyl (C=O) groups is 1. The Hall–Kier alpha value is -1.42. The van der Waals surface area contributed by atoms with Crippen LogP contribution in [0.1, 0.15) is 24.8 Å². The third-order valence-electron chi connectivity index (χ3n) is 5.68. The lowest BCUT2D eigenvalue weighted by Gasteiger charge is -2.38. The number of hydrogen-bond donors (Lipinski definition) is 2. The van der Waals surface area contributed by atoms with Gasteiger partial charge >= 0.3 is 0 Å². The minimum atomic E-state index is -0.200. The zero-order chi connectivity index (χ0) is 19.8. The van der Waals surface area contributed by atoms with Gasteiger partial charge in [0.25, 0.3) is 0 Å². The Morgan fingerprint density at radius 2 is 1.90 bits per heavy atom. The van der Waals surface area contributed by atoms with E-state index in [1.54, 1.807) is 19.2 Å². The fourth-order valence-corrected chi connectivity index (χ4v) is 3.68. The second-order valence-corrected chi connectivity index (χ2v) is 7.60. The van der Waals surface area contributed by atoms with Crippen molar-refractivity contribution in [1.82, 2.24) is 20.4 Å². The average Bonchev–Trinajstić information content (AvgIpc) is 2.66. The van der Waals surface area contributed by atoms with E-state index < -0.39 is 0 Å². The van der Waals surface area contributed by atoms with Gasteiger partial charge in [-0.2, -0.15) is 0 Å². The molecule has 0 aromatic heterocycles. The molecular weight excluding hydrogens is 484 g/mol. The SMILES string of the molecule is CN=C(NCCc1cccc(F)c1)NCCN1CCN(C(=O)C2CCC2)CC1.I. The monoisotopic (exact) mass is 517 g/mol. The normalized spacial score (nSPS) is 18.0. The van der Waals surface area contributed by atoms with E-state index >= 15 is 0 Å². The molecule has 2 aliphatic rings. The van der Waals surface area contributed by atoms with Crippen LogP contribution in [0.5, 0.6) is 0 Å². The van der Waals surface area contributed by atoms with Crippen molar-refractivity contribution in [3.63, 3.8) is 0 Å². The zero-order valence-electron chi connectivity index (χ0n) is 17.2. The largest absolute Gasteiger partial charge is 0.356 e. The molecule has 1 amide bonds. The summed E-state index contributed by atoms with van der Waals surface area (Å²) in [6.07, 6.45) is 4.11. The van der Waals surface area contributed by atoms with Crippen LogP contribution >= 0.6 is 24.0 Å². The lowest BCUT2D eigenvalue weighted by atomic mass is 9.84. The first-order chi connectivity index (χ1) is 13.7. The molecule has 2 N–H and O–H groups in total.